The first-order chi connectivity index (χ1) is 8.34. The molecule has 17 heavy (non-hydrogen) atoms. The molecule has 0 bridgehead atoms. The van der Waals surface area contributed by atoms with E-state index in [-0.39, 0.29) is 0 Å². The van der Waals surface area contributed by atoms with Crippen molar-refractivity contribution in [1.82, 2.24) is 0 Å². The number of benzene rings is 2. The second-order valence-electron chi connectivity index (χ2n) is 4.25. The minimum atomic E-state index is 1.05. The molecule has 2 aromatic rings. The second-order valence-corrected chi connectivity index (χ2v) is 5.54. The lowest BCUT2D eigenvalue weighted by molar-refractivity contribution is 1.37. The van der Waals surface area contributed by atoms with Gasteiger partial charge < -0.3 is 0 Å². The van der Waals surface area contributed by atoms with E-state index in [0.717, 1.165) is 6.42 Å². The smallest absolute Gasteiger partial charge is 0.0160 e. The van der Waals surface area contributed by atoms with E-state index in [4.69, 9.17) is 0 Å². The highest BCUT2D eigenvalue weighted by Gasteiger charge is 2.09. The first-order valence-corrected chi connectivity index (χ1v) is 6.69. The van der Waals surface area contributed by atoms with Gasteiger partial charge in [0.15, 0.2) is 0 Å². The molecule has 1 aliphatic rings. The van der Waals surface area contributed by atoms with Crippen LogP contribution in [0.15, 0.2) is 59.5 Å². The Hall–Kier alpha value is -1.47. The molecule has 0 aromatic heterocycles. The molecule has 0 unspecified atom stereocenters. The zero-order valence-corrected chi connectivity index (χ0v) is 10.6. The van der Waals surface area contributed by atoms with Crippen molar-refractivity contribution in [3.8, 4) is 0 Å². The average molecular weight is 238 g/mol. The van der Waals surface area contributed by atoms with Crippen LogP contribution >= 0.6 is 11.8 Å². The monoisotopic (exact) mass is 238 g/mol. The van der Waals surface area contributed by atoms with Crippen LogP contribution < -0.4 is 0 Å². The summed E-state index contributed by atoms with van der Waals surface area (Å²) in [5.74, 6) is 0. The largest absolute Gasteiger partial charge is 0.0948 e. The standard InChI is InChI=1S/C16H14S/c1-12-6-4-11-16(17-12)15-10-5-8-13-7-2-3-9-14(13)15/h2-3,5-11H,4H2,1H3. The van der Waals surface area contributed by atoms with Crippen molar-refractivity contribution in [1.29, 1.82) is 0 Å². The Morgan fingerprint density at radius 3 is 2.65 bits per heavy atom. The summed E-state index contributed by atoms with van der Waals surface area (Å²) in [6, 6.07) is 15.1. The summed E-state index contributed by atoms with van der Waals surface area (Å²) in [6.45, 7) is 2.18. The van der Waals surface area contributed by atoms with Gasteiger partial charge in [-0.3, -0.25) is 0 Å². The number of hydrogen-bond acceptors (Lipinski definition) is 1. The fourth-order valence-electron chi connectivity index (χ4n) is 2.19. The fourth-order valence-corrected chi connectivity index (χ4v) is 3.19. The summed E-state index contributed by atoms with van der Waals surface area (Å²) < 4.78 is 0. The maximum Gasteiger partial charge on any atom is 0.0160 e. The van der Waals surface area contributed by atoms with Gasteiger partial charge in [0.25, 0.3) is 0 Å². The van der Waals surface area contributed by atoms with Gasteiger partial charge in [0.05, 0.1) is 0 Å². The van der Waals surface area contributed by atoms with Gasteiger partial charge >= 0.3 is 0 Å². The van der Waals surface area contributed by atoms with Crippen LogP contribution in [0.2, 0.25) is 0 Å². The number of fused-ring (bicyclic) bond motifs is 1. The maximum atomic E-state index is 2.32. The average Bonchev–Trinajstić information content (AvgIpc) is 2.38. The van der Waals surface area contributed by atoms with Crippen molar-refractivity contribution in [3.05, 3.63) is 65.1 Å². The molecule has 0 amide bonds. The molecule has 0 atom stereocenters. The highest BCUT2D eigenvalue weighted by molar-refractivity contribution is 8.11. The van der Waals surface area contributed by atoms with E-state index in [1.54, 1.807) is 0 Å². The van der Waals surface area contributed by atoms with Gasteiger partial charge in [-0.25, -0.2) is 0 Å². The van der Waals surface area contributed by atoms with E-state index in [0.29, 0.717) is 0 Å². The van der Waals surface area contributed by atoms with Gasteiger partial charge in [-0.1, -0.05) is 66.4 Å². The molecule has 0 fully saturated rings. The van der Waals surface area contributed by atoms with Crippen LogP contribution in [0.25, 0.3) is 15.7 Å². The number of rotatable bonds is 1. The van der Waals surface area contributed by atoms with Crippen LogP contribution in [-0.4, -0.2) is 0 Å². The molecule has 1 aliphatic heterocycles. The van der Waals surface area contributed by atoms with Crippen LogP contribution in [0.3, 0.4) is 0 Å². The molecular formula is C16H14S. The normalized spacial score (nSPS) is 15.6. The third kappa shape index (κ3) is 2.03. The van der Waals surface area contributed by atoms with Gasteiger partial charge in [0.1, 0.15) is 0 Å². The van der Waals surface area contributed by atoms with E-state index in [1.165, 1.54) is 26.1 Å². The first-order valence-electron chi connectivity index (χ1n) is 5.87. The molecule has 84 valence electrons. The van der Waals surface area contributed by atoms with Crippen LogP contribution in [0.1, 0.15) is 18.9 Å². The lowest BCUT2D eigenvalue weighted by Crippen LogP contribution is -1.87. The van der Waals surface area contributed by atoms with Gasteiger partial charge in [-0.05, 0) is 34.6 Å². The van der Waals surface area contributed by atoms with Gasteiger partial charge in [-0.2, -0.15) is 0 Å². The third-order valence-electron chi connectivity index (χ3n) is 3.03. The van der Waals surface area contributed by atoms with Crippen LogP contribution in [-0.2, 0) is 0 Å². The van der Waals surface area contributed by atoms with Crippen LogP contribution in [0.5, 0.6) is 0 Å². The van der Waals surface area contributed by atoms with E-state index in [1.807, 2.05) is 11.8 Å². The number of hydrogen-bond donors (Lipinski definition) is 0. The zero-order chi connectivity index (χ0) is 11.7. The van der Waals surface area contributed by atoms with E-state index < -0.39 is 0 Å². The van der Waals surface area contributed by atoms with Crippen molar-refractivity contribution in [2.75, 3.05) is 0 Å². The Balaban J connectivity index is 2.15. The predicted molar refractivity (Wildman–Crippen MR) is 77.9 cm³/mol. The van der Waals surface area contributed by atoms with Crippen molar-refractivity contribution in [3.63, 3.8) is 0 Å². The predicted octanol–water partition coefficient (Wildman–Crippen LogP) is 5.22. The zero-order valence-electron chi connectivity index (χ0n) is 9.81. The molecule has 0 spiro atoms. The molecule has 1 heterocycles. The topological polar surface area (TPSA) is 0 Å². The third-order valence-corrected chi connectivity index (χ3v) is 4.13. The van der Waals surface area contributed by atoms with Crippen LogP contribution in [0, 0.1) is 0 Å². The van der Waals surface area contributed by atoms with Crippen molar-refractivity contribution in [2.24, 2.45) is 0 Å². The summed E-state index contributed by atoms with van der Waals surface area (Å²) in [5, 5.41) is 2.67. The van der Waals surface area contributed by atoms with Crippen molar-refractivity contribution in [2.45, 2.75) is 13.3 Å². The number of thioether (sulfide) groups is 1. The van der Waals surface area contributed by atoms with Gasteiger partial charge in [0.2, 0.25) is 0 Å². The number of allylic oxidation sites excluding steroid dienone is 3. The molecule has 0 nitrogen and oxygen atoms in total. The minimum absolute atomic E-state index is 1.05. The summed E-state index contributed by atoms with van der Waals surface area (Å²) in [5.41, 5.74) is 1.36. The summed E-state index contributed by atoms with van der Waals surface area (Å²) in [4.78, 5) is 2.79. The van der Waals surface area contributed by atoms with E-state index in [2.05, 4.69) is 61.5 Å². The molecule has 0 aliphatic carbocycles. The molecular weight excluding hydrogens is 224 g/mol. The quantitative estimate of drug-likeness (QED) is 0.656. The Labute approximate surface area is 106 Å². The fraction of sp³-hybridized carbons (Fsp3) is 0.125. The molecule has 3 rings (SSSR count). The Bertz CT molecular complexity index is 615. The van der Waals surface area contributed by atoms with Crippen LogP contribution in [0.4, 0.5) is 0 Å². The van der Waals surface area contributed by atoms with E-state index >= 15 is 0 Å². The van der Waals surface area contributed by atoms with Crippen molar-refractivity contribution >= 4 is 27.4 Å². The summed E-state index contributed by atoms with van der Waals surface area (Å²) >= 11 is 1.88. The van der Waals surface area contributed by atoms with E-state index in [9.17, 15) is 0 Å². The lowest BCUT2D eigenvalue weighted by atomic mass is 10.0. The highest BCUT2D eigenvalue weighted by atomic mass is 32.2. The summed E-state index contributed by atoms with van der Waals surface area (Å²) in [7, 11) is 0. The van der Waals surface area contributed by atoms with Gasteiger partial charge in [-0.15, -0.1) is 0 Å². The molecule has 0 saturated carbocycles. The Morgan fingerprint density at radius 2 is 1.76 bits per heavy atom. The van der Waals surface area contributed by atoms with Gasteiger partial charge in [0, 0.05) is 4.91 Å². The molecule has 2 aromatic carbocycles. The molecule has 0 radical (unpaired) electrons. The maximum absolute atomic E-state index is 2.32. The van der Waals surface area contributed by atoms with Crippen molar-refractivity contribution < 1.29 is 0 Å². The molecule has 0 saturated heterocycles. The minimum Gasteiger partial charge on any atom is -0.0948 e. The second kappa shape index (κ2) is 4.42. The first kappa shape index (κ1) is 10.7. The lowest BCUT2D eigenvalue weighted by Gasteiger charge is -2.14. The molecule has 1 heteroatoms. The Kier molecular flexibility index (Phi) is 2.77. The molecule has 0 N–H and O–H groups in total. The SMILES string of the molecule is CC1=CCC=C(c2cccc3ccccc23)S1. The highest BCUT2D eigenvalue weighted by Crippen LogP contribution is 2.39. The Morgan fingerprint density at radius 1 is 0.941 bits per heavy atom. The summed E-state index contributed by atoms with van der Waals surface area (Å²) in [6.07, 6.45) is 5.65.